The monoisotopic (exact) mass is 622 g/mol. The molecule has 11 heteroatoms. The van der Waals surface area contributed by atoms with Gasteiger partial charge in [-0.15, -0.1) is 21.5 Å². The molecule has 0 radical (unpaired) electrons. The average Bonchev–Trinajstić information content (AvgIpc) is 3.40. The third-order valence-electron chi connectivity index (χ3n) is 9.80. The highest BCUT2D eigenvalue weighted by Crippen LogP contribution is 2.51. The molecule has 3 aliphatic heterocycles. The topological polar surface area (TPSA) is 113 Å². The maximum absolute atomic E-state index is 13.8. The van der Waals surface area contributed by atoms with E-state index in [1.54, 1.807) is 16.2 Å². The average molecular weight is 623 g/mol. The Morgan fingerprint density at radius 3 is 2.56 bits per heavy atom. The van der Waals surface area contributed by atoms with Crippen LogP contribution in [0.3, 0.4) is 0 Å². The van der Waals surface area contributed by atoms with Crippen LogP contribution in [0.15, 0.2) is 29.3 Å². The first-order chi connectivity index (χ1) is 20.3. The van der Waals surface area contributed by atoms with Gasteiger partial charge in [0.2, 0.25) is 5.91 Å². The van der Waals surface area contributed by atoms with Gasteiger partial charge in [-0.05, 0) is 76.0 Å². The van der Waals surface area contributed by atoms with Gasteiger partial charge >= 0.3 is 6.09 Å². The highest BCUT2D eigenvalue weighted by molar-refractivity contribution is 7.15. The molecule has 2 saturated heterocycles. The summed E-state index contributed by atoms with van der Waals surface area (Å²) in [5.74, 6) is 1.27. The molecule has 2 aromatic heterocycles. The first-order valence-corrected chi connectivity index (χ1v) is 16.2. The van der Waals surface area contributed by atoms with E-state index in [4.69, 9.17) is 16.6 Å². The molecule has 0 aliphatic carbocycles. The zero-order chi connectivity index (χ0) is 30.8. The number of piperidine rings is 2. The second kappa shape index (κ2) is 10.7. The number of nitrogens with one attached hydrogen (secondary N) is 1. The van der Waals surface area contributed by atoms with E-state index in [0.717, 1.165) is 52.5 Å². The first kappa shape index (κ1) is 29.8. The zero-order valence-electron chi connectivity index (χ0n) is 25.6. The van der Waals surface area contributed by atoms with Crippen molar-refractivity contribution in [2.45, 2.75) is 104 Å². The Morgan fingerprint density at radius 2 is 1.88 bits per heavy atom. The van der Waals surface area contributed by atoms with Crippen molar-refractivity contribution in [3.63, 3.8) is 0 Å². The van der Waals surface area contributed by atoms with Gasteiger partial charge < -0.3 is 10.4 Å². The van der Waals surface area contributed by atoms with Crippen molar-refractivity contribution in [1.82, 2.24) is 25.0 Å². The fourth-order valence-electron chi connectivity index (χ4n) is 7.56. The van der Waals surface area contributed by atoms with Crippen LogP contribution in [0.4, 0.5) is 4.79 Å². The second-order valence-electron chi connectivity index (χ2n) is 13.3. The summed E-state index contributed by atoms with van der Waals surface area (Å²) in [4.78, 5) is 34.4. The molecule has 2 bridgehead atoms. The summed E-state index contributed by atoms with van der Waals surface area (Å²) in [7, 11) is 0. The molecule has 3 aliphatic rings. The Labute approximate surface area is 261 Å². The molecule has 2 fully saturated rings. The summed E-state index contributed by atoms with van der Waals surface area (Å²) >= 11 is 7.91. The van der Waals surface area contributed by atoms with Crippen LogP contribution in [0.25, 0.3) is 5.00 Å². The predicted octanol–water partition coefficient (Wildman–Crippen LogP) is 6.79. The molecule has 9 nitrogen and oxygen atoms in total. The van der Waals surface area contributed by atoms with Crippen LogP contribution in [-0.2, 0) is 4.79 Å². The Kier molecular flexibility index (Phi) is 7.44. The van der Waals surface area contributed by atoms with E-state index in [1.165, 1.54) is 4.88 Å². The number of rotatable bonds is 4. The number of aryl methyl sites for hydroxylation is 2. The fourth-order valence-corrected chi connectivity index (χ4v) is 8.90. The Bertz CT molecular complexity index is 1620. The summed E-state index contributed by atoms with van der Waals surface area (Å²) in [6.45, 7) is 12.5. The van der Waals surface area contributed by atoms with E-state index in [2.05, 4.69) is 54.7 Å². The Balaban J connectivity index is 1.34. The molecule has 5 heterocycles. The van der Waals surface area contributed by atoms with Gasteiger partial charge in [0.15, 0.2) is 5.82 Å². The molecule has 43 heavy (non-hydrogen) atoms. The normalized spacial score (nSPS) is 25.0. The maximum Gasteiger partial charge on any atom is 0.408 e. The number of hydrogen-bond acceptors (Lipinski definition) is 6. The van der Waals surface area contributed by atoms with Crippen LogP contribution >= 0.6 is 22.9 Å². The molecule has 3 aromatic rings. The van der Waals surface area contributed by atoms with Gasteiger partial charge in [0.05, 0.1) is 17.7 Å². The van der Waals surface area contributed by atoms with Crippen molar-refractivity contribution in [2.24, 2.45) is 10.4 Å². The van der Waals surface area contributed by atoms with E-state index in [-0.39, 0.29) is 29.8 Å². The summed E-state index contributed by atoms with van der Waals surface area (Å²) in [5, 5.41) is 24.1. The minimum Gasteiger partial charge on any atom is -0.465 e. The van der Waals surface area contributed by atoms with Crippen molar-refractivity contribution in [1.29, 1.82) is 0 Å². The first-order valence-electron chi connectivity index (χ1n) is 15.0. The number of carbonyl (C=O) groups excluding carboxylic acids is 1. The van der Waals surface area contributed by atoms with Gasteiger partial charge in [0.25, 0.3) is 0 Å². The summed E-state index contributed by atoms with van der Waals surface area (Å²) in [5.41, 5.74) is 3.11. The molecule has 228 valence electrons. The highest BCUT2D eigenvalue weighted by Gasteiger charge is 2.57. The predicted molar refractivity (Wildman–Crippen MR) is 169 cm³/mol. The maximum atomic E-state index is 13.8. The van der Waals surface area contributed by atoms with Crippen molar-refractivity contribution >= 4 is 40.6 Å². The molecule has 1 aromatic carbocycles. The number of benzene rings is 1. The molecular formula is C32H39ClN6O3S. The molecule has 2 amide bonds. The fraction of sp³-hybridized carbons (Fsp3) is 0.531. The lowest BCUT2D eigenvalue weighted by Crippen LogP contribution is -2.70. The standard InChI is InChI=1S/C32H39ClN6O3S/c1-17-18(2)43-29-26(17)27(20-9-11-21(33)12-10-20)35-24(28-37-36-19(3)38(28)29)15-25(40)34-22-14-23-8-7-13-32(16-22,31(4,5)6)39(23)30(41)42/h9-12,22-24H,7-8,13-16H2,1-6H3,(H,34,40)(H,41,42)/t22?,23-,24-,32+/m0/s1. The van der Waals surface area contributed by atoms with E-state index >= 15 is 0 Å². The number of carboxylic acid groups (broad SMARTS) is 1. The lowest BCUT2D eigenvalue weighted by atomic mass is 9.60. The summed E-state index contributed by atoms with van der Waals surface area (Å²) in [6.07, 6.45) is 3.07. The minimum absolute atomic E-state index is 0.106. The van der Waals surface area contributed by atoms with Crippen molar-refractivity contribution < 1.29 is 14.7 Å². The van der Waals surface area contributed by atoms with E-state index in [9.17, 15) is 14.7 Å². The van der Waals surface area contributed by atoms with E-state index < -0.39 is 17.7 Å². The van der Waals surface area contributed by atoms with Crippen LogP contribution in [-0.4, -0.2) is 60.1 Å². The third-order valence-corrected chi connectivity index (χ3v) is 11.2. The number of fused-ring (bicyclic) bond motifs is 5. The molecule has 4 atom stereocenters. The SMILES string of the molecule is Cc1sc2c(c1C)C(c1ccc(Cl)cc1)=N[C@@H](CC(=O)NC1C[C@@H]3CCC[C@](C(C)(C)C)(C1)N3C(=O)O)c1nnc(C)n1-2. The number of carbonyl (C=O) groups is 2. The van der Waals surface area contributed by atoms with Crippen LogP contribution in [0.2, 0.25) is 5.02 Å². The quantitative estimate of drug-likeness (QED) is 0.333. The number of hydrogen-bond donors (Lipinski definition) is 2. The zero-order valence-corrected chi connectivity index (χ0v) is 27.1. The Morgan fingerprint density at radius 1 is 1.16 bits per heavy atom. The number of nitrogens with zero attached hydrogens (tertiary/aromatic N) is 5. The van der Waals surface area contributed by atoms with Crippen molar-refractivity contribution in [2.75, 3.05) is 0 Å². The minimum atomic E-state index is -0.861. The lowest BCUT2D eigenvalue weighted by Gasteiger charge is -2.61. The highest BCUT2D eigenvalue weighted by atomic mass is 35.5. The van der Waals surface area contributed by atoms with Gasteiger partial charge in [-0.3, -0.25) is 19.3 Å². The number of halogens is 1. The molecule has 6 rings (SSSR count). The number of aliphatic imine (C=N–C) groups is 1. The van der Waals surface area contributed by atoms with Crippen LogP contribution in [0.1, 0.15) is 98.6 Å². The van der Waals surface area contributed by atoms with Crippen LogP contribution < -0.4 is 5.32 Å². The van der Waals surface area contributed by atoms with Crippen molar-refractivity contribution in [3.8, 4) is 5.00 Å². The smallest absolute Gasteiger partial charge is 0.408 e. The van der Waals surface area contributed by atoms with Gasteiger partial charge in [-0.25, -0.2) is 4.79 Å². The lowest BCUT2D eigenvalue weighted by molar-refractivity contribution is -0.126. The number of thiophene rings is 1. The second-order valence-corrected chi connectivity index (χ2v) is 14.9. The van der Waals surface area contributed by atoms with Crippen LogP contribution in [0.5, 0.6) is 0 Å². The van der Waals surface area contributed by atoms with Gasteiger partial charge in [-0.2, -0.15) is 0 Å². The largest absolute Gasteiger partial charge is 0.465 e. The van der Waals surface area contributed by atoms with Crippen molar-refractivity contribution in [3.05, 3.63) is 62.5 Å². The number of amides is 2. The molecule has 1 unspecified atom stereocenters. The third kappa shape index (κ3) is 4.96. The Hall–Kier alpha value is -3.24. The van der Waals surface area contributed by atoms with E-state index in [0.29, 0.717) is 23.7 Å². The molecule has 2 N–H and O–H groups in total. The summed E-state index contributed by atoms with van der Waals surface area (Å²) < 4.78 is 2.05. The van der Waals surface area contributed by atoms with Gasteiger partial charge in [0, 0.05) is 33.1 Å². The van der Waals surface area contributed by atoms with Gasteiger partial charge in [-0.1, -0.05) is 44.5 Å². The summed E-state index contributed by atoms with van der Waals surface area (Å²) in [6, 6.07) is 6.87. The molecular weight excluding hydrogens is 584 g/mol. The van der Waals surface area contributed by atoms with Gasteiger partial charge in [0.1, 0.15) is 16.9 Å². The number of aromatic nitrogens is 3. The van der Waals surface area contributed by atoms with Crippen LogP contribution in [0, 0.1) is 26.2 Å². The molecule has 0 spiro atoms. The van der Waals surface area contributed by atoms with E-state index in [1.807, 2.05) is 31.2 Å². The molecule has 0 saturated carbocycles.